The fourth-order valence-electron chi connectivity index (χ4n) is 3.89. The van der Waals surface area contributed by atoms with Crippen LogP contribution in [-0.2, 0) is 4.79 Å². The minimum absolute atomic E-state index is 0.233. The molecule has 102 valence electrons. The number of carbonyl (C=O) groups excluding carboxylic acids is 1. The summed E-state index contributed by atoms with van der Waals surface area (Å²) in [5, 5.41) is 3.17. The van der Waals surface area contributed by atoms with E-state index in [4.69, 9.17) is 0 Å². The standard InChI is InChI=1S/C17H23NO/c19-16-11-15(14-7-3-1-4-8-14)12-17(13-18-16)9-5-2-6-10-17/h1,3-4,7-8,15H,2,5-6,9-13H2,(H,18,19). The van der Waals surface area contributed by atoms with Crippen LogP contribution >= 0.6 is 0 Å². The maximum Gasteiger partial charge on any atom is 0.220 e. The molecule has 2 fully saturated rings. The van der Waals surface area contributed by atoms with E-state index in [-0.39, 0.29) is 5.91 Å². The molecule has 1 heterocycles. The lowest BCUT2D eigenvalue weighted by molar-refractivity contribution is -0.121. The van der Waals surface area contributed by atoms with Crippen molar-refractivity contribution in [2.45, 2.75) is 50.9 Å². The first-order valence-electron chi connectivity index (χ1n) is 7.59. The Balaban J connectivity index is 1.84. The van der Waals surface area contributed by atoms with Gasteiger partial charge in [0.05, 0.1) is 0 Å². The minimum atomic E-state index is 0.233. The van der Waals surface area contributed by atoms with Crippen LogP contribution in [0.5, 0.6) is 0 Å². The fourth-order valence-corrected chi connectivity index (χ4v) is 3.89. The maximum absolute atomic E-state index is 12.0. The summed E-state index contributed by atoms with van der Waals surface area (Å²) in [5.41, 5.74) is 1.70. The van der Waals surface area contributed by atoms with Crippen molar-refractivity contribution in [2.75, 3.05) is 6.54 Å². The van der Waals surface area contributed by atoms with Gasteiger partial charge in [0, 0.05) is 13.0 Å². The molecule has 19 heavy (non-hydrogen) atoms. The monoisotopic (exact) mass is 257 g/mol. The lowest BCUT2D eigenvalue weighted by atomic mass is 9.68. The van der Waals surface area contributed by atoms with Crippen LogP contribution in [0.15, 0.2) is 30.3 Å². The average Bonchev–Trinajstić information content (AvgIpc) is 2.61. The van der Waals surface area contributed by atoms with Crippen molar-refractivity contribution in [1.29, 1.82) is 0 Å². The van der Waals surface area contributed by atoms with Crippen LogP contribution < -0.4 is 5.32 Å². The first-order chi connectivity index (χ1) is 9.27. The van der Waals surface area contributed by atoms with E-state index in [1.165, 1.54) is 44.1 Å². The molecule has 1 N–H and O–H groups in total. The third-order valence-corrected chi connectivity index (χ3v) is 4.96. The summed E-state index contributed by atoms with van der Waals surface area (Å²) in [6.07, 6.45) is 8.44. The van der Waals surface area contributed by atoms with Crippen molar-refractivity contribution in [3.63, 3.8) is 0 Å². The SMILES string of the molecule is O=C1CC(c2ccccc2)CC2(CCCCC2)CN1. The third kappa shape index (κ3) is 2.83. The Morgan fingerprint density at radius 1 is 1.05 bits per heavy atom. The molecule has 0 aromatic heterocycles. The summed E-state index contributed by atoms with van der Waals surface area (Å²) in [6.45, 7) is 0.898. The normalized spacial score (nSPS) is 26.7. The number of hydrogen-bond donors (Lipinski definition) is 1. The Morgan fingerprint density at radius 3 is 2.53 bits per heavy atom. The van der Waals surface area contributed by atoms with Crippen molar-refractivity contribution in [1.82, 2.24) is 5.32 Å². The Morgan fingerprint density at radius 2 is 1.79 bits per heavy atom. The molecule has 1 aromatic carbocycles. The lowest BCUT2D eigenvalue weighted by Gasteiger charge is -2.38. The summed E-state index contributed by atoms with van der Waals surface area (Å²) in [7, 11) is 0. The highest BCUT2D eigenvalue weighted by Crippen LogP contribution is 2.45. The van der Waals surface area contributed by atoms with E-state index >= 15 is 0 Å². The zero-order chi connectivity index (χ0) is 13.1. The van der Waals surface area contributed by atoms with E-state index < -0.39 is 0 Å². The summed E-state index contributed by atoms with van der Waals surface area (Å²) in [5.74, 6) is 0.637. The average molecular weight is 257 g/mol. The van der Waals surface area contributed by atoms with Crippen LogP contribution in [0.1, 0.15) is 56.4 Å². The molecule has 2 aliphatic rings. The van der Waals surface area contributed by atoms with E-state index in [0.29, 0.717) is 17.8 Å². The lowest BCUT2D eigenvalue weighted by Crippen LogP contribution is -2.36. The molecule has 2 nitrogen and oxygen atoms in total. The van der Waals surface area contributed by atoms with E-state index in [9.17, 15) is 4.79 Å². The van der Waals surface area contributed by atoms with Crippen LogP contribution in [0.3, 0.4) is 0 Å². The van der Waals surface area contributed by atoms with E-state index in [1.807, 2.05) is 0 Å². The summed E-state index contributed by atoms with van der Waals surface area (Å²) < 4.78 is 0. The Kier molecular flexibility index (Phi) is 3.58. The number of nitrogens with one attached hydrogen (secondary N) is 1. The Hall–Kier alpha value is -1.31. The number of amides is 1. The largest absolute Gasteiger partial charge is 0.356 e. The first-order valence-corrected chi connectivity index (χ1v) is 7.59. The second-order valence-corrected chi connectivity index (χ2v) is 6.35. The number of carbonyl (C=O) groups is 1. The molecule has 1 spiro atoms. The van der Waals surface area contributed by atoms with Crippen LogP contribution in [0.4, 0.5) is 0 Å². The quantitative estimate of drug-likeness (QED) is 0.817. The fraction of sp³-hybridized carbons (Fsp3) is 0.588. The topological polar surface area (TPSA) is 29.1 Å². The second-order valence-electron chi connectivity index (χ2n) is 6.35. The highest BCUT2D eigenvalue weighted by molar-refractivity contribution is 5.77. The van der Waals surface area contributed by atoms with Crippen molar-refractivity contribution >= 4 is 5.91 Å². The van der Waals surface area contributed by atoms with Gasteiger partial charge in [-0.25, -0.2) is 0 Å². The number of benzene rings is 1. The molecule has 1 aliphatic carbocycles. The van der Waals surface area contributed by atoms with Gasteiger partial charge in [-0.05, 0) is 36.2 Å². The van der Waals surface area contributed by atoms with Crippen molar-refractivity contribution in [3.05, 3.63) is 35.9 Å². The number of rotatable bonds is 1. The van der Waals surface area contributed by atoms with Crippen LogP contribution in [0.25, 0.3) is 0 Å². The zero-order valence-electron chi connectivity index (χ0n) is 11.5. The van der Waals surface area contributed by atoms with Crippen LogP contribution in [0, 0.1) is 5.41 Å². The van der Waals surface area contributed by atoms with Crippen molar-refractivity contribution in [2.24, 2.45) is 5.41 Å². The van der Waals surface area contributed by atoms with Crippen molar-refractivity contribution < 1.29 is 4.79 Å². The molecule has 1 atom stereocenters. The molecule has 0 radical (unpaired) electrons. The molecule has 1 unspecified atom stereocenters. The van der Waals surface area contributed by atoms with Gasteiger partial charge in [-0.3, -0.25) is 4.79 Å². The second kappa shape index (κ2) is 5.36. The minimum Gasteiger partial charge on any atom is -0.356 e. The summed E-state index contributed by atoms with van der Waals surface area (Å²) in [6, 6.07) is 10.6. The van der Waals surface area contributed by atoms with Gasteiger partial charge in [0.1, 0.15) is 0 Å². The molecule has 1 aliphatic heterocycles. The third-order valence-electron chi connectivity index (χ3n) is 4.96. The number of hydrogen-bond acceptors (Lipinski definition) is 1. The van der Waals surface area contributed by atoms with E-state index in [0.717, 1.165) is 6.54 Å². The molecule has 1 saturated heterocycles. The molecule has 1 aromatic rings. The predicted molar refractivity (Wildman–Crippen MR) is 76.9 cm³/mol. The highest BCUT2D eigenvalue weighted by atomic mass is 16.1. The van der Waals surface area contributed by atoms with Gasteiger partial charge in [-0.15, -0.1) is 0 Å². The van der Waals surface area contributed by atoms with E-state index in [2.05, 4.69) is 35.6 Å². The molecular formula is C17H23NO. The van der Waals surface area contributed by atoms with Crippen LogP contribution in [-0.4, -0.2) is 12.5 Å². The Labute approximate surface area is 115 Å². The Bertz CT molecular complexity index is 434. The molecule has 0 bridgehead atoms. The van der Waals surface area contributed by atoms with Crippen LogP contribution in [0.2, 0.25) is 0 Å². The summed E-state index contributed by atoms with van der Waals surface area (Å²) >= 11 is 0. The maximum atomic E-state index is 12.0. The zero-order valence-corrected chi connectivity index (χ0v) is 11.5. The molecular weight excluding hydrogens is 234 g/mol. The predicted octanol–water partition coefficient (Wildman–Crippen LogP) is 3.63. The van der Waals surface area contributed by atoms with E-state index in [1.54, 1.807) is 0 Å². The molecule has 1 amide bonds. The van der Waals surface area contributed by atoms with Gasteiger partial charge >= 0.3 is 0 Å². The highest BCUT2D eigenvalue weighted by Gasteiger charge is 2.38. The van der Waals surface area contributed by atoms with Gasteiger partial charge in [-0.2, -0.15) is 0 Å². The smallest absolute Gasteiger partial charge is 0.220 e. The molecule has 1 saturated carbocycles. The van der Waals surface area contributed by atoms with Gasteiger partial charge in [0.2, 0.25) is 5.91 Å². The van der Waals surface area contributed by atoms with Crippen molar-refractivity contribution in [3.8, 4) is 0 Å². The summed E-state index contributed by atoms with van der Waals surface area (Å²) in [4.78, 5) is 12.0. The van der Waals surface area contributed by atoms with Gasteiger partial charge in [0.25, 0.3) is 0 Å². The molecule has 2 heteroatoms. The first kappa shape index (κ1) is 12.7. The van der Waals surface area contributed by atoms with Gasteiger partial charge in [-0.1, -0.05) is 49.6 Å². The van der Waals surface area contributed by atoms with Gasteiger partial charge < -0.3 is 5.32 Å². The molecule has 3 rings (SSSR count). The van der Waals surface area contributed by atoms with Gasteiger partial charge in [0.15, 0.2) is 0 Å².